The summed E-state index contributed by atoms with van der Waals surface area (Å²) in [6.07, 6.45) is 5.36. The lowest BCUT2D eigenvalue weighted by molar-refractivity contribution is 0.0784. The predicted octanol–water partition coefficient (Wildman–Crippen LogP) is 1.60. The Bertz CT molecular complexity index is 520. The van der Waals surface area contributed by atoms with Crippen LogP contribution in [0.4, 0.5) is 0 Å². The Hall–Kier alpha value is -1.91. The lowest BCUT2D eigenvalue weighted by atomic mass is 10.3. The van der Waals surface area contributed by atoms with Crippen LogP contribution in [0.25, 0.3) is 5.65 Å². The van der Waals surface area contributed by atoms with Crippen LogP contribution >= 0.6 is 0 Å². The molecule has 1 amide bonds. The molecule has 0 spiro atoms. The monoisotopic (exact) mass is 232 g/mol. The molecule has 2 aromatic heterocycles. The number of carbonyl (C=O) groups excluding carboxylic acids is 1. The number of aromatic nitrogens is 3. The molecule has 2 heterocycles. The Labute approximate surface area is 100 Å². The molecule has 0 bridgehead atoms. The Kier molecular flexibility index (Phi) is 3.37. The molecule has 0 aliphatic carbocycles. The van der Waals surface area contributed by atoms with Gasteiger partial charge >= 0.3 is 0 Å². The summed E-state index contributed by atoms with van der Waals surface area (Å²) in [7, 11) is 1.81. The Morgan fingerprint density at radius 3 is 3.00 bits per heavy atom. The molecule has 0 fully saturated rings. The zero-order chi connectivity index (χ0) is 12.3. The summed E-state index contributed by atoms with van der Waals surface area (Å²) < 4.78 is 1.57. The highest BCUT2D eigenvalue weighted by Crippen LogP contribution is 2.06. The zero-order valence-corrected chi connectivity index (χ0v) is 10.1. The van der Waals surface area contributed by atoms with Crippen molar-refractivity contribution in [1.82, 2.24) is 19.5 Å². The van der Waals surface area contributed by atoms with Gasteiger partial charge in [0.15, 0.2) is 5.65 Å². The maximum absolute atomic E-state index is 12.2. The SMILES string of the molecule is CCCCN(C)C(=O)c1ccnc2ccnn12. The second-order valence-corrected chi connectivity index (χ2v) is 4.01. The summed E-state index contributed by atoms with van der Waals surface area (Å²) in [4.78, 5) is 18.1. The molecule has 0 unspecified atom stereocenters. The molecule has 90 valence electrons. The molecule has 17 heavy (non-hydrogen) atoms. The second kappa shape index (κ2) is 4.95. The van der Waals surface area contributed by atoms with Crippen molar-refractivity contribution in [3.63, 3.8) is 0 Å². The Balaban J connectivity index is 2.27. The van der Waals surface area contributed by atoms with Gasteiger partial charge in [0.25, 0.3) is 5.91 Å². The van der Waals surface area contributed by atoms with E-state index in [9.17, 15) is 4.79 Å². The average molecular weight is 232 g/mol. The number of unbranched alkanes of at least 4 members (excludes halogenated alkanes) is 1. The van der Waals surface area contributed by atoms with Gasteiger partial charge in [-0.1, -0.05) is 13.3 Å². The van der Waals surface area contributed by atoms with Crippen molar-refractivity contribution in [2.75, 3.05) is 13.6 Å². The molecule has 0 N–H and O–H groups in total. The number of amides is 1. The van der Waals surface area contributed by atoms with Crippen molar-refractivity contribution in [2.45, 2.75) is 19.8 Å². The average Bonchev–Trinajstić information content (AvgIpc) is 2.82. The van der Waals surface area contributed by atoms with E-state index in [-0.39, 0.29) is 5.91 Å². The molecule has 0 aromatic carbocycles. The van der Waals surface area contributed by atoms with E-state index in [0.29, 0.717) is 11.3 Å². The molecule has 0 saturated carbocycles. The summed E-state index contributed by atoms with van der Waals surface area (Å²) in [6, 6.07) is 3.48. The first kappa shape index (κ1) is 11.6. The van der Waals surface area contributed by atoms with Crippen LogP contribution in [-0.2, 0) is 0 Å². The molecule has 5 nitrogen and oxygen atoms in total. The molecule has 2 aromatic rings. The van der Waals surface area contributed by atoms with E-state index in [0.717, 1.165) is 19.4 Å². The van der Waals surface area contributed by atoms with Gasteiger partial charge in [0.05, 0.1) is 6.20 Å². The Morgan fingerprint density at radius 2 is 2.24 bits per heavy atom. The zero-order valence-electron chi connectivity index (χ0n) is 10.1. The largest absolute Gasteiger partial charge is 0.340 e. The van der Waals surface area contributed by atoms with Crippen LogP contribution in [-0.4, -0.2) is 39.0 Å². The molecular weight excluding hydrogens is 216 g/mol. The van der Waals surface area contributed by atoms with E-state index in [2.05, 4.69) is 17.0 Å². The van der Waals surface area contributed by atoms with Gasteiger partial charge < -0.3 is 4.90 Å². The van der Waals surface area contributed by atoms with Crippen LogP contribution in [0.15, 0.2) is 24.5 Å². The number of hydrogen-bond acceptors (Lipinski definition) is 3. The van der Waals surface area contributed by atoms with Crippen LogP contribution in [0.5, 0.6) is 0 Å². The first-order valence-corrected chi connectivity index (χ1v) is 5.78. The van der Waals surface area contributed by atoms with E-state index in [1.807, 2.05) is 7.05 Å². The van der Waals surface area contributed by atoms with Crippen LogP contribution in [0.1, 0.15) is 30.3 Å². The minimum absolute atomic E-state index is 0.0189. The van der Waals surface area contributed by atoms with E-state index < -0.39 is 0 Å². The van der Waals surface area contributed by atoms with Crippen LogP contribution < -0.4 is 0 Å². The van der Waals surface area contributed by atoms with Crippen molar-refractivity contribution < 1.29 is 4.79 Å². The minimum atomic E-state index is -0.0189. The highest BCUT2D eigenvalue weighted by atomic mass is 16.2. The van der Waals surface area contributed by atoms with E-state index in [1.54, 1.807) is 33.9 Å². The van der Waals surface area contributed by atoms with Crippen LogP contribution in [0.3, 0.4) is 0 Å². The molecule has 0 aliphatic rings. The van der Waals surface area contributed by atoms with E-state index >= 15 is 0 Å². The standard InChI is InChI=1S/C12H16N4O/c1-3-4-9-15(2)12(17)10-5-7-13-11-6-8-14-16(10)11/h5-8H,3-4,9H2,1-2H3. The van der Waals surface area contributed by atoms with Crippen molar-refractivity contribution in [1.29, 1.82) is 0 Å². The predicted molar refractivity (Wildman–Crippen MR) is 64.9 cm³/mol. The summed E-state index contributed by atoms with van der Waals surface area (Å²) in [5.74, 6) is -0.0189. The molecule has 5 heteroatoms. The van der Waals surface area contributed by atoms with Gasteiger partial charge in [-0.3, -0.25) is 4.79 Å². The number of hydrogen-bond donors (Lipinski definition) is 0. The number of fused-ring (bicyclic) bond motifs is 1. The maximum atomic E-state index is 12.2. The molecular formula is C12H16N4O. The van der Waals surface area contributed by atoms with Gasteiger partial charge in [-0.05, 0) is 12.5 Å². The minimum Gasteiger partial charge on any atom is -0.340 e. The molecule has 0 saturated heterocycles. The van der Waals surface area contributed by atoms with Gasteiger partial charge in [0.2, 0.25) is 0 Å². The normalized spacial score (nSPS) is 10.7. The Morgan fingerprint density at radius 1 is 1.41 bits per heavy atom. The summed E-state index contributed by atoms with van der Waals surface area (Å²) in [5.41, 5.74) is 1.25. The van der Waals surface area contributed by atoms with Crippen molar-refractivity contribution in [3.05, 3.63) is 30.2 Å². The van der Waals surface area contributed by atoms with Crippen molar-refractivity contribution in [2.24, 2.45) is 0 Å². The first-order valence-electron chi connectivity index (χ1n) is 5.78. The highest BCUT2D eigenvalue weighted by Gasteiger charge is 2.15. The van der Waals surface area contributed by atoms with E-state index in [1.165, 1.54) is 0 Å². The van der Waals surface area contributed by atoms with Gasteiger partial charge in [0, 0.05) is 25.9 Å². The number of nitrogens with zero attached hydrogens (tertiary/aromatic N) is 4. The summed E-state index contributed by atoms with van der Waals surface area (Å²) >= 11 is 0. The summed E-state index contributed by atoms with van der Waals surface area (Å²) in [6.45, 7) is 2.87. The topological polar surface area (TPSA) is 50.5 Å². The van der Waals surface area contributed by atoms with Gasteiger partial charge in [-0.2, -0.15) is 5.10 Å². The first-order chi connectivity index (χ1) is 8.24. The second-order valence-electron chi connectivity index (χ2n) is 4.01. The highest BCUT2D eigenvalue weighted by molar-refractivity contribution is 5.92. The van der Waals surface area contributed by atoms with E-state index in [4.69, 9.17) is 0 Å². The third kappa shape index (κ3) is 2.27. The lowest BCUT2D eigenvalue weighted by Crippen LogP contribution is -2.29. The quantitative estimate of drug-likeness (QED) is 0.804. The molecule has 0 atom stereocenters. The lowest BCUT2D eigenvalue weighted by Gasteiger charge is -2.16. The fraction of sp³-hybridized carbons (Fsp3) is 0.417. The van der Waals surface area contributed by atoms with Crippen LogP contribution in [0, 0.1) is 0 Å². The number of carbonyl (C=O) groups is 1. The smallest absolute Gasteiger partial charge is 0.272 e. The summed E-state index contributed by atoms with van der Waals surface area (Å²) in [5, 5.41) is 4.11. The van der Waals surface area contributed by atoms with Crippen molar-refractivity contribution in [3.8, 4) is 0 Å². The third-order valence-electron chi connectivity index (χ3n) is 2.70. The molecule has 2 rings (SSSR count). The fourth-order valence-electron chi connectivity index (χ4n) is 1.69. The molecule has 0 aliphatic heterocycles. The fourth-order valence-corrected chi connectivity index (χ4v) is 1.69. The van der Waals surface area contributed by atoms with Crippen molar-refractivity contribution >= 4 is 11.6 Å². The van der Waals surface area contributed by atoms with Crippen LogP contribution in [0.2, 0.25) is 0 Å². The van der Waals surface area contributed by atoms with Gasteiger partial charge in [-0.15, -0.1) is 0 Å². The van der Waals surface area contributed by atoms with Gasteiger partial charge in [0.1, 0.15) is 5.69 Å². The molecule has 0 radical (unpaired) electrons. The maximum Gasteiger partial charge on any atom is 0.272 e. The van der Waals surface area contributed by atoms with Gasteiger partial charge in [-0.25, -0.2) is 9.50 Å². The third-order valence-corrected chi connectivity index (χ3v) is 2.70. The number of rotatable bonds is 4.